The van der Waals surface area contributed by atoms with Crippen LogP contribution >= 0.6 is 0 Å². The van der Waals surface area contributed by atoms with Gasteiger partial charge in [0.1, 0.15) is 5.60 Å². The van der Waals surface area contributed by atoms with E-state index in [2.05, 4.69) is 0 Å². The van der Waals surface area contributed by atoms with Crippen molar-refractivity contribution in [2.45, 2.75) is 18.6 Å². The Morgan fingerprint density at radius 2 is 1.41 bits per heavy atom. The molecule has 0 amide bonds. The monoisotopic (exact) mass is 227 g/mol. The van der Waals surface area contributed by atoms with Crippen molar-refractivity contribution < 1.29 is 5.11 Å². The second-order valence-corrected chi connectivity index (χ2v) is 4.40. The van der Waals surface area contributed by atoms with Crippen molar-refractivity contribution in [2.75, 3.05) is 0 Å². The average Bonchev–Trinajstić information content (AvgIpc) is 2.40. The highest BCUT2D eigenvalue weighted by Crippen LogP contribution is 2.32. The smallest absolute Gasteiger partial charge is 0.106 e. The topological polar surface area (TPSA) is 46.2 Å². The highest BCUT2D eigenvalue weighted by Gasteiger charge is 2.31. The molecule has 2 aromatic rings. The molecule has 2 heteroatoms. The number of rotatable bonds is 3. The number of hydrogen-bond donors (Lipinski definition) is 2. The molecule has 0 aliphatic rings. The van der Waals surface area contributed by atoms with Crippen molar-refractivity contribution in [3.05, 3.63) is 71.8 Å². The van der Waals surface area contributed by atoms with Gasteiger partial charge in [-0.05, 0) is 18.1 Å². The molecule has 0 bridgehead atoms. The van der Waals surface area contributed by atoms with Crippen LogP contribution in [0.1, 0.15) is 24.1 Å². The quantitative estimate of drug-likeness (QED) is 0.846. The fourth-order valence-corrected chi connectivity index (χ4v) is 1.94. The van der Waals surface area contributed by atoms with E-state index in [4.69, 9.17) is 5.73 Å². The van der Waals surface area contributed by atoms with Crippen molar-refractivity contribution in [2.24, 2.45) is 5.73 Å². The van der Waals surface area contributed by atoms with Crippen molar-refractivity contribution in [3.63, 3.8) is 0 Å². The van der Waals surface area contributed by atoms with Gasteiger partial charge in [-0.2, -0.15) is 0 Å². The second-order valence-electron chi connectivity index (χ2n) is 4.40. The van der Waals surface area contributed by atoms with Crippen LogP contribution in [0.25, 0.3) is 0 Å². The van der Waals surface area contributed by atoms with Gasteiger partial charge in [0.05, 0.1) is 6.04 Å². The lowest BCUT2D eigenvalue weighted by Crippen LogP contribution is -2.35. The van der Waals surface area contributed by atoms with Gasteiger partial charge in [-0.15, -0.1) is 0 Å². The van der Waals surface area contributed by atoms with Crippen LogP contribution in [-0.2, 0) is 5.60 Å². The number of nitrogens with two attached hydrogens (primary N) is 1. The summed E-state index contributed by atoms with van der Waals surface area (Å²) in [6.45, 7) is 1.75. The third-order valence-corrected chi connectivity index (χ3v) is 3.12. The van der Waals surface area contributed by atoms with E-state index in [1.807, 2.05) is 60.7 Å². The Balaban J connectivity index is 2.33. The summed E-state index contributed by atoms with van der Waals surface area (Å²) in [6.07, 6.45) is 0. The molecule has 0 aliphatic carbocycles. The normalized spacial score (nSPS) is 16.2. The van der Waals surface area contributed by atoms with Gasteiger partial charge >= 0.3 is 0 Å². The lowest BCUT2D eigenvalue weighted by Gasteiger charge is -2.31. The first kappa shape index (κ1) is 11.8. The van der Waals surface area contributed by atoms with Crippen molar-refractivity contribution >= 4 is 0 Å². The summed E-state index contributed by atoms with van der Waals surface area (Å²) >= 11 is 0. The van der Waals surface area contributed by atoms with Crippen molar-refractivity contribution in [3.8, 4) is 0 Å². The van der Waals surface area contributed by atoms with Crippen LogP contribution in [0.5, 0.6) is 0 Å². The summed E-state index contributed by atoms with van der Waals surface area (Å²) in [5.41, 5.74) is 6.85. The Morgan fingerprint density at radius 3 is 1.94 bits per heavy atom. The summed E-state index contributed by atoms with van der Waals surface area (Å²) in [4.78, 5) is 0. The molecule has 17 heavy (non-hydrogen) atoms. The zero-order valence-corrected chi connectivity index (χ0v) is 9.88. The number of benzene rings is 2. The predicted octanol–water partition coefficient (Wildman–Crippen LogP) is 2.59. The molecule has 0 radical (unpaired) electrons. The maximum absolute atomic E-state index is 10.6. The average molecular weight is 227 g/mol. The first-order valence-corrected chi connectivity index (χ1v) is 5.71. The third kappa shape index (κ3) is 2.38. The van der Waals surface area contributed by atoms with Crippen LogP contribution in [0.15, 0.2) is 60.7 Å². The molecule has 0 aliphatic heterocycles. The Bertz CT molecular complexity index is 465. The van der Waals surface area contributed by atoms with Gasteiger partial charge in [0, 0.05) is 0 Å². The third-order valence-electron chi connectivity index (χ3n) is 3.12. The second kappa shape index (κ2) is 4.70. The molecule has 0 saturated heterocycles. The zero-order chi connectivity index (χ0) is 12.3. The Hall–Kier alpha value is -1.64. The molecular weight excluding hydrogens is 210 g/mol. The maximum atomic E-state index is 10.6. The van der Waals surface area contributed by atoms with Crippen LogP contribution in [-0.4, -0.2) is 5.11 Å². The molecule has 88 valence electrons. The molecule has 2 aromatic carbocycles. The fraction of sp³-hybridized carbons (Fsp3) is 0.200. The summed E-state index contributed by atoms with van der Waals surface area (Å²) in [5, 5.41) is 10.6. The fourth-order valence-electron chi connectivity index (χ4n) is 1.94. The predicted molar refractivity (Wildman–Crippen MR) is 69.4 cm³/mol. The first-order chi connectivity index (χ1) is 8.12. The van der Waals surface area contributed by atoms with E-state index in [1.165, 1.54) is 0 Å². The number of hydrogen-bond acceptors (Lipinski definition) is 2. The van der Waals surface area contributed by atoms with Gasteiger partial charge in [-0.3, -0.25) is 0 Å². The minimum Gasteiger partial charge on any atom is -0.383 e. The molecular formula is C15H17NO. The van der Waals surface area contributed by atoms with Crippen LogP contribution < -0.4 is 5.73 Å². The van der Waals surface area contributed by atoms with E-state index in [-0.39, 0.29) is 0 Å². The maximum Gasteiger partial charge on any atom is 0.106 e. The summed E-state index contributed by atoms with van der Waals surface area (Å²) < 4.78 is 0. The van der Waals surface area contributed by atoms with E-state index in [1.54, 1.807) is 6.92 Å². The van der Waals surface area contributed by atoms with Crippen LogP contribution in [0.4, 0.5) is 0 Å². The molecule has 0 unspecified atom stereocenters. The number of aliphatic hydroxyl groups is 1. The molecule has 0 fully saturated rings. The standard InChI is InChI=1S/C15H17NO/c1-15(17,13-10-6-3-7-11-13)14(16)12-8-4-2-5-9-12/h2-11,14,17H,16H2,1H3/t14-,15-/m1/s1. The summed E-state index contributed by atoms with van der Waals surface area (Å²) in [7, 11) is 0. The van der Waals surface area contributed by atoms with E-state index < -0.39 is 11.6 Å². The SMILES string of the molecule is C[C@@](O)(c1ccccc1)[C@H](N)c1ccccc1. The summed E-state index contributed by atoms with van der Waals surface area (Å²) in [5.74, 6) is 0. The van der Waals surface area contributed by atoms with Gasteiger partial charge in [0.15, 0.2) is 0 Å². The molecule has 0 aromatic heterocycles. The lowest BCUT2D eigenvalue weighted by molar-refractivity contribution is 0.0282. The zero-order valence-electron chi connectivity index (χ0n) is 9.88. The van der Waals surface area contributed by atoms with Crippen LogP contribution in [0.3, 0.4) is 0 Å². The minimum atomic E-state index is -1.07. The highest BCUT2D eigenvalue weighted by molar-refractivity contribution is 5.29. The Morgan fingerprint density at radius 1 is 0.941 bits per heavy atom. The van der Waals surface area contributed by atoms with Gasteiger partial charge in [-0.25, -0.2) is 0 Å². The van der Waals surface area contributed by atoms with Gasteiger partial charge in [-0.1, -0.05) is 60.7 Å². The largest absolute Gasteiger partial charge is 0.383 e. The Kier molecular flexibility index (Phi) is 3.27. The molecule has 0 spiro atoms. The molecule has 0 saturated carbocycles. The minimum absolute atomic E-state index is 0.439. The molecule has 2 atom stereocenters. The molecule has 2 rings (SSSR count). The Labute approximate surface area is 102 Å². The van der Waals surface area contributed by atoms with E-state index in [0.29, 0.717) is 0 Å². The van der Waals surface area contributed by atoms with E-state index >= 15 is 0 Å². The van der Waals surface area contributed by atoms with Crippen molar-refractivity contribution in [1.29, 1.82) is 0 Å². The van der Waals surface area contributed by atoms with E-state index in [9.17, 15) is 5.11 Å². The molecule has 0 heterocycles. The first-order valence-electron chi connectivity index (χ1n) is 5.71. The van der Waals surface area contributed by atoms with Gasteiger partial charge in [0.25, 0.3) is 0 Å². The van der Waals surface area contributed by atoms with Crippen LogP contribution in [0, 0.1) is 0 Å². The molecule has 2 nitrogen and oxygen atoms in total. The lowest BCUT2D eigenvalue weighted by atomic mass is 9.85. The highest BCUT2D eigenvalue weighted by atomic mass is 16.3. The van der Waals surface area contributed by atoms with Crippen LogP contribution in [0.2, 0.25) is 0 Å². The van der Waals surface area contributed by atoms with E-state index in [0.717, 1.165) is 11.1 Å². The van der Waals surface area contributed by atoms with Crippen molar-refractivity contribution in [1.82, 2.24) is 0 Å². The van der Waals surface area contributed by atoms with Gasteiger partial charge in [0.2, 0.25) is 0 Å². The van der Waals surface area contributed by atoms with Gasteiger partial charge < -0.3 is 10.8 Å². The summed E-state index contributed by atoms with van der Waals surface area (Å²) in [6, 6.07) is 18.7. The molecule has 3 N–H and O–H groups in total.